The molecule has 0 aromatic heterocycles. The van der Waals surface area contributed by atoms with Crippen LogP contribution >= 0.6 is 24.0 Å². The normalized spacial score (nSPS) is 20.5. The van der Waals surface area contributed by atoms with Gasteiger partial charge >= 0.3 is 0 Å². The molecule has 1 aromatic carbocycles. The minimum Gasteiger partial charge on any atom is -0.354 e. The van der Waals surface area contributed by atoms with E-state index in [0.717, 1.165) is 75.5 Å². The number of halogens is 2. The van der Waals surface area contributed by atoms with E-state index < -0.39 is 0 Å². The van der Waals surface area contributed by atoms with Crippen molar-refractivity contribution in [2.45, 2.75) is 37.5 Å². The van der Waals surface area contributed by atoms with E-state index in [2.05, 4.69) is 15.5 Å². The molecule has 2 fully saturated rings. The van der Waals surface area contributed by atoms with Crippen LogP contribution in [-0.2, 0) is 10.2 Å². The number of piperazine rings is 1. The van der Waals surface area contributed by atoms with E-state index >= 15 is 0 Å². The van der Waals surface area contributed by atoms with Crippen LogP contribution in [0, 0.1) is 0 Å². The van der Waals surface area contributed by atoms with E-state index in [1.54, 1.807) is 0 Å². The summed E-state index contributed by atoms with van der Waals surface area (Å²) in [5, 5.41) is 7.30. The molecule has 1 aromatic rings. The first-order valence-electron chi connectivity index (χ1n) is 9.18. The summed E-state index contributed by atoms with van der Waals surface area (Å²) in [7, 11) is 0. The Hall–Kier alpha value is -0.810. The Balaban J connectivity index is 0.00000225. The molecule has 1 aliphatic heterocycles. The molecule has 0 spiro atoms. The van der Waals surface area contributed by atoms with Crippen LogP contribution in [0.5, 0.6) is 0 Å². The maximum atomic E-state index is 13.1. The standard InChI is InChI=1S/C19H28ClN3O.ClH/c20-17-6-4-16(5-7-17)19(8-2-1-3-9-19)18(24)22-12-15-23-13-10-21-11-14-23;/h4-7,21H,1-3,8-15H2,(H,22,24);1H. The van der Waals surface area contributed by atoms with Gasteiger partial charge in [0.05, 0.1) is 5.41 Å². The van der Waals surface area contributed by atoms with E-state index in [4.69, 9.17) is 11.6 Å². The third kappa shape index (κ3) is 5.10. The van der Waals surface area contributed by atoms with Crippen molar-refractivity contribution < 1.29 is 4.79 Å². The molecule has 1 aliphatic carbocycles. The largest absolute Gasteiger partial charge is 0.354 e. The number of nitrogens with one attached hydrogen (secondary N) is 2. The topological polar surface area (TPSA) is 44.4 Å². The van der Waals surface area contributed by atoms with E-state index in [9.17, 15) is 4.79 Å². The van der Waals surface area contributed by atoms with Crippen LogP contribution < -0.4 is 10.6 Å². The number of hydrogen-bond acceptors (Lipinski definition) is 3. The van der Waals surface area contributed by atoms with Crippen LogP contribution in [0.25, 0.3) is 0 Å². The first-order valence-corrected chi connectivity index (χ1v) is 9.56. The summed E-state index contributed by atoms with van der Waals surface area (Å²) in [5.74, 6) is 0.194. The second kappa shape index (κ2) is 9.77. The van der Waals surface area contributed by atoms with Gasteiger partial charge in [0, 0.05) is 44.3 Å². The van der Waals surface area contributed by atoms with Crippen molar-refractivity contribution in [3.63, 3.8) is 0 Å². The maximum Gasteiger partial charge on any atom is 0.230 e. The quantitative estimate of drug-likeness (QED) is 0.818. The van der Waals surface area contributed by atoms with E-state index in [0.29, 0.717) is 0 Å². The lowest BCUT2D eigenvalue weighted by atomic mass is 9.68. The Morgan fingerprint density at radius 1 is 1.12 bits per heavy atom. The van der Waals surface area contributed by atoms with Crippen LogP contribution in [0.3, 0.4) is 0 Å². The van der Waals surface area contributed by atoms with Crippen molar-refractivity contribution in [1.82, 2.24) is 15.5 Å². The van der Waals surface area contributed by atoms with Crippen molar-refractivity contribution in [3.05, 3.63) is 34.9 Å². The molecule has 2 N–H and O–H groups in total. The SMILES string of the molecule is Cl.O=C(NCCN1CCNCC1)C1(c2ccc(Cl)cc2)CCCCC1. The fourth-order valence-electron chi connectivity index (χ4n) is 4.00. The number of amides is 1. The Kier molecular flexibility index (Phi) is 8.01. The fourth-order valence-corrected chi connectivity index (χ4v) is 4.13. The third-order valence-electron chi connectivity index (χ3n) is 5.46. The number of carbonyl (C=O) groups excluding carboxylic acids is 1. The smallest absolute Gasteiger partial charge is 0.230 e. The highest BCUT2D eigenvalue weighted by molar-refractivity contribution is 6.30. The summed E-state index contributed by atoms with van der Waals surface area (Å²) in [6.07, 6.45) is 5.34. The monoisotopic (exact) mass is 385 g/mol. The maximum absolute atomic E-state index is 13.1. The van der Waals surface area contributed by atoms with Gasteiger partial charge in [-0.1, -0.05) is 43.0 Å². The molecule has 1 saturated heterocycles. The van der Waals surface area contributed by atoms with Gasteiger partial charge in [-0.3, -0.25) is 9.69 Å². The highest BCUT2D eigenvalue weighted by Gasteiger charge is 2.40. The summed E-state index contributed by atoms with van der Waals surface area (Å²) >= 11 is 6.03. The highest BCUT2D eigenvalue weighted by atomic mass is 35.5. The van der Waals surface area contributed by atoms with Gasteiger partial charge in [0.2, 0.25) is 5.91 Å². The van der Waals surface area contributed by atoms with Crippen LogP contribution in [0.4, 0.5) is 0 Å². The van der Waals surface area contributed by atoms with Gasteiger partial charge < -0.3 is 10.6 Å². The summed E-state index contributed by atoms with van der Waals surface area (Å²) in [5.41, 5.74) is 0.748. The van der Waals surface area contributed by atoms with Crippen molar-refractivity contribution in [3.8, 4) is 0 Å². The van der Waals surface area contributed by atoms with Gasteiger partial charge in [0.25, 0.3) is 0 Å². The minimum atomic E-state index is -0.369. The summed E-state index contributed by atoms with van der Waals surface area (Å²) in [4.78, 5) is 15.5. The molecule has 1 amide bonds. The number of nitrogens with zero attached hydrogens (tertiary/aromatic N) is 1. The van der Waals surface area contributed by atoms with Crippen LogP contribution in [-0.4, -0.2) is 50.1 Å². The Labute approximate surface area is 162 Å². The van der Waals surface area contributed by atoms with E-state index in [1.807, 2.05) is 24.3 Å². The molecule has 0 bridgehead atoms. The Morgan fingerprint density at radius 2 is 1.76 bits per heavy atom. The van der Waals surface area contributed by atoms with Gasteiger partial charge in [-0.25, -0.2) is 0 Å². The summed E-state index contributed by atoms with van der Waals surface area (Å²) in [6.45, 7) is 5.89. The van der Waals surface area contributed by atoms with Crippen molar-refractivity contribution in [1.29, 1.82) is 0 Å². The zero-order valence-electron chi connectivity index (χ0n) is 14.7. The molecule has 2 aliphatic rings. The molecule has 0 atom stereocenters. The molecule has 1 heterocycles. The minimum absolute atomic E-state index is 0. The lowest BCUT2D eigenvalue weighted by molar-refractivity contribution is -0.128. The van der Waals surface area contributed by atoms with E-state index in [-0.39, 0.29) is 23.7 Å². The van der Waals surface area contributed by atoms with Gasteiger partial charge in [0.1, 0.15) is 0 Å². The fraction of sp³-hybridized carbons (Fsp3) is 0.632. The van der Waals surface area contributed by atoms with Crippen LogP contribution in [0.15, 0.2) is 24.3 Å². The first-order chi connectivity index (χ1) is 11.7. The summed E-state index contributed by atoms with van der Waals surface area (Å²) in [6, 6.07) is 7.87. The molecule has 1 saturated carbocycles. The lowest BCUT2D eigenvalue weighted by Crippen LogP contribution is -2.50. The van der Waals surface area contributed by atoms with Gasteiger partial charge in [-0.2, -0.15) is 0 Å². The predicted octanol–water partition coefficient (Wildman–Crippen LogP) is 2.99. The van der Waals surface area contributed by atoms with Crippen molar-refractivity contribution in [2.75, 3.05) is 39.3 Å². The molecule has 0 unspecified atom stereocenters. The zero-order valence-corrected chi connectivity index (χ0v) is 16.3. The zero-order chi connectivity index (χ0) is 16.8. The summed E-state index contributed by atoms with van der Waals surface area (Å²) < 4.78 is 0. The molecule has 3 rings (SSSR count). The molecule has 0 radical (unpaired) electrons. The van der Waals surface area contributed by atoms with Crippen molar-refractivity contribution in [2.24, 2.45) is 0 Å². The molecular formula is C19H29Cl2N3O. The number of benzene rings is 1. The highest BCUT2D eigenvalue weighted by Crippen LogP contribution is 2.40. The average molecular weight is 386 g/mol. The molecular weight excluding hydrogens is 357 g/mol. The predicted molar refractivity (Wildman–Crippen MR) is 106 cm³/mol. The second-order valence-electron chi connectivity index (χ2n) is 7.00. The first kappa shape index (κ1) is 20.5. The van der Waals surface area contributed by atoms with Crippen molar-refractivity contribution >= 4 is 29.9 Å². The molecule has 140 valence electrons. The van der Waals surface area contributed by atoms with Crippen LogP contribution in [0.1, 0.15) is 37.7 Å². The van der Waals surface area contributed by atoms with Gasteiger partial charge in [-0.05, 0) is 30.5 Å². The second-order valence-corrected chi connectivity index (χ2v) is 7.43. The molecule has 6 heteroatoms. The van der Waals surface area contributed by atoms with E-state index in [1.165, 1.54) is 6.42 Å². The van der Waals surface area contributed by atoms with Gasteiger partial charge in [-0.15, -0.1) is 12.4 Å². The lowest BCUT2D eigenvalue weighted by Gasteiger charge is -2.37. The number of carbonyl (C=O) groups is 1. The van der Waals surface area contributed by atoms with Gasteiger partial charge in [0.15, 0.2) is 0 Å². The molecule has 25 heavy (non-hydrogen) atoms. The Morgan fingerprint density at radius 3 is 2.40 bits per heavy atom. The van der Waals surface area contributed by atoms with Crippen LogP contribution in [0.2, 0.25) is 5.02 Å². The third-order valence-corrected chi connectivity index (χ3v) is 5.71. The number of hydrogen-bond donors (Lipinski definition) is 2. The Bertz CT molecular complexity index is 538. The number of rotatable bonds is 5. The average Bonchev–Trinajstić information content (AvgIpc) is 2.63. The molecule has 4 nitrogen and oxygen atoms in total.